The number of para-hydroxylation sites is 1. The van der Waals surface area contributed by atoms with Crippen molar-refractivity contribution in [2.24, 2.45) is 7.05 Å². The van der Waals surface area contributed by atoms with Crippen LogP contribution in [-0.2, 0) is 20.1 Å². The van der Waals surface area contributed by atoms with E-state index < -0.39 is 0 Å². The summed E-state index contributed by atoms with van der Waals surface area (Å²) in [4.78, 5) is 0. The third kappa shape index (κ3) is 3.08. The van der Waals surface area contributed by atoms with Crippen LogP contribution in [0.15, 0.2) is 54.7 Å². The molecule has 0 unspecified atom stereocenters. The molecular formula is C18H17ClN6. The minimum atomic E-state index is 0.642. The summed E-state index contributed by atoms with van der Waals surface area (Å²) in [6, 6.07) is 16.3. The van der Waals surface area contributed by atoms with Crippen molar-refractivity contribution in [1.29, 1.82) is 0 Å². The summed E-state index contributed by atoms with van der Waals surface area (Å²) in [5.41, 5.74) is 3.46. The van der Waals surface area contributed by atoms with E-state index in [1.165, 1.54) is 16.5 Å². The first-order chi connectivity index (χ1) is 12.2. The van der Waals surface area contributed by atoms with Crippen LogP contribution in [0.2, 0.25) is 5.02 Å². The number of nitrogens with one attached hydrogen (secondary N) is 1. The summed E-state index contributed by atoms with van der Waals surface area (Å²) < 4.78 is 3.84. The lowest BCUT2D eigenvalue weighted by molar-refractivity contribution is 0.712. The molecule has 4 rings (SSSR count). The third-order valence-electron chi connectivity index (χ3n) is 4.23. The fraction of sp³-hybridized carbons (Fsp3) is 0.167. The van der Waals surface area contributed by atoms with E-state index in [1.807, 2.05) is 25.2 Å². The van der Waals surface area contributed by atoms with Gasteiger partial charge in [0.25, 0.3) is 0 Å². The van der Waals surface area contributed by atoms with Crippen LogP contribution < -0.4 is 5.32 Å². The Balaban J connectivity index is 1.66. The van der Waals surface area contributed by atoms with Crippen molar-refractivity contribution in [3.63, 3.8) is 0 Å². The lowest BCUT2D eigenvalue weighted by Crippen LogP contribution is -2.05. The zero-order valence-corrected chi connectivity index (χ0v) is 14.5. The molecule has 0 atom stereocenters. The van der Waals surface area contributed by atoms with Crippen LogP contribution in [0.25, 0.3) is 10.9 Å². The molecule has 0 aliphatic rings. The average Bonchev–Trinajstić information content (AvgIpc) is 3.19. The molecule has 126 valence electrons. The van der Waals surface area contributed by atoms with Gasteiger partial charge in [0.1, 0.15) is 0 Å². The number of rotatable bonds is 5. The molecule has 0 spiro atoms. The second kappa shape index (κ2) is 6.57. The molecule has 0 bridgehead atoms. The lowest BCUT2D eigenvalue weighted by atomic mass is 10.2. The van der Waals surface area contributed by atoms with Gasteiger partial charge in [-0.1, -0.05) is 53.1 Å². The second-order valence-corrected chi connectivity index (χ2v) is 6.28. The third-order valence-corrected chi connectivity index (χ3v) is 4.60. The molecule has 0 amide bonds. The van der Waals surface area contributed by atoms with Crippen molar-refractivity contribution >= 4 is 28.5 Å². The molecule has 0 fully saturated rings. The van der Waals surface area contributed by atoms with E-state index in [0.29, 0.717) is 12.5 Å². The van der Waals surface area contributed by atoms with Gasteiger partial charge in [-0.25, -0.2) is 4.68 Å². The highest BCUT2D eigenvalue weighted by Gasteiger charge is 2.10. The maximum absolute atomic E-state index is 6.33. The van der Waals surface area contributed by atoms with E-state index in [-0.39, 0.29) is 0 Å². The lowest BCUT2D eigenvalue weighted by Gasteiger charge is -2.07. The second-order valence-electron chi connectivity index (χ2n) is 5.87. The number of tetrazole rings is 1. The number of aromatic nitrogens is 5. The molecule has 7 heteroatoms. The van der Waals surface area contributed by atoms with E-state index >= 15 is 0 Å². The summed E-state index contributed by atoms with van der Waals surface area (Å²) in [6.07, 6.45) is 2.16. The van der Waals surface area contributed by atoms with Crippen LogP contribution in [0.4, 0.5) is 5.95 Å². The Morgan fingerprint density at radius 1 is 1.04 bits per heavy atom. The number of benzene rings is 2. The van der Waals surface area contributed by atoms with Gasteiger partial charge in [-0.3, -0.25) is 0 Å². The standard InChI is InChI=1S/C18H17ClN6/c1-24-18(21-22-23-24)20-10-14-12-25(17-9-5-3-7-15(14)17)11-13-6-2-4-8-16(13)19/h2-9,12H,10-11H2,1H3,(H,20,21,23). The predicted octanol–water partition coefficient (Wildman–Crippen LogP) is 3.48. The maximum atomic E-state index is 6.33. The number of hydrogen-bond donors (Lipinski definition) is 1. The number of anilines is 1. The molecule has 1 N–H and O–H groups in total. The van der Waals surface area contributed by atoms with Crippen LogP contribution >= 0.6 is 11.6 Å². The van der Waals surface area contributed by atoms with Crippen molar-refractivity contribution in [3.05, 3.63) is 70.9 Å². The summed E-state index contributed by atoms with van der Waals surface area (Å²) >= 11 is 6.33. The Morgan fingerprint density at radius 3 is 2.64 bits per heavy atom. The summed E-state index contributed by atoms with van der Waals surface area (Å²) in [5.74, 6) is 0.642. The monoisotopic (exact) mass is 352 g/mol. The molecule has 0 saturated heterocycles. The minimum absolute atomic E-state index is 0.642. The first kappa shape index (κ1) is 15.7. The smallest absolute Gasteiger partial charge is 0.242 e. The molecule has 2 aromatic heterocycles. The van der Waals surface area contributed by atoms with Crippen LogP contribution in [0, 0.1) is 0 Å². The summed E-state index contributed by atoms with van der Waals surface area (Å²) in [6.45, 7) is 1.37. The van der Waals surface area contributed by atoms with Crippen molar-refractivity contribution < 1.29 is 0 Å². The van der Waals surface area contributed by atoms with Crippen LogP contribution in [-0.4, -0.2) is 24.8 Å². The van der Waals surface area contributed by atoms with Crippen LogP contribution in [0.5, 0.6) is 0 Å². The number of fused-ring (bicyclic) bond motifs is 1. The Labute approximate surface area is 150 Å². The van der Waals surface area contributed by atoms with Gasteiger partial charge in [-0.2, -0.15) is 0 Å². The van der Waals surface area contributed by atoms with Crippen LogP contribution in [0.1, 0.15) is 11.1 Å². The Hall–Kier alpha value is -2.86. The zero-order valence-electron chi connectivity index (χ0n) is 13.7. The molecule has 2 aromatic carbocycles. The quantitative estimate of drug-likeness (QED) is 0.597. The molecule has 4 aromatic rings. The Morgan fingerprint density at radius 2 is 1.84 bits per heavy atom. The highest BCUT2D eigenvalue weighted by molar-refractivity contribution is 6.31. The van der Waals surface area contributed by atoms with Gasteiger partial charge in [0.05, 0.1) is 0 Å². The first-order valence-electron chi connectivity index (χ1n) is 7.99. The Kier molecular flexibility index (Phi) is 4.11. The fourth-order valence-corrected chi connectivity index (χ4v) is 3.15. The van der Waals surface area contributed by atoms with Gasteiger partial charge >= 0.3 is 0 Å². The van der Waals surface area contributed by atoms with Crippen molar-refractivity contribution in [2.75, 3.05) is 5.32 Å². The molecule has 6 nitrogen and oxygen atoms in total. The first-order valence-corrected chi connectivity index (χ1v) is 8.36. The van der Waals surface area contributed by atoms with Gasteiger partial charge in [-0.15, -0.1) is 0 Å². The van der Waals surface area contributed by atoms with Crippen molar-refractivity contribution in [2.45, 2.75) is 13.1 Å². The van der Waals surface area contributed by atoms with Crippen molar-refractivity contribution in [3.8, 4) is 0 Å². The van der Waals surface area contributed by atoms with Crippen LogP contribution in [0.3, 0.4) is 0 Å². The molecular weight excluding hydrogens is 336 g/mol. The number of aryl methyl sites for hydroxylation is 1. The fourth-order valence-electron chi connectivity index (χ4n) is 2.96. The van der Waals surface area contributed by atoms with Gasteiger partial charge in [0.15, 0.2) is 0 Å². The van der Waals surface area contributed by atoms with E-state index in [9.17, 15) is 0 Å². The zero-order chi connectivity index (χ0) is 17.2. The Bertz CT molecular complexity index is 1020. The highest BCUT2D eigenvalue weighted by atomic mass is 35.5. The van der Waals surface area contributed by atoms with Gasteiger partial charge in [-0.05, 0) is 33.7 Å². The van der Waals surface area contributed by atoms with Gasteiger partial charge in [0.2, 0.25) is 5.95 Å². The molecule has 0 radical (unpaired) electrons. The van der Waals surface area contributed by atoms with Crippen molar-refractivity contribution in [1.82, 2.24) is 24.8 Å². The predicted molar refractivity (Wildman–Crippen MR) is 98.6 cm³/mol. The molecule has 25 heavy (non-hydrogen) atoms. The summed E-state index contributed by atoms with van der Waals surface area (Å²) in [5, 5.41) is 16.7. The normalized spacial score (nSPS) is 11.1. The summed E-state index contributed by atoms with van der Waals surface area (Å²) in [7, 11) is 1.81. The van der Waals surface area contributed by atoms with E-state index in [1.54, 1.807) is 4.68 Å². The number of nitrogens with zero attached hydrogens (tertiary/aromatic N) is 5. The van der Waals surface area contributed by atoms with E-state index in [4.69, 9.17) is 11.6 Å². The maximum Gasteiger partial charge on any atom is 0.242 e. The molecule has 2 heterocycles. The topological polar surface area (TPSA) is 60.6 Å². The molecule has 0 aliphatic heterocycles. The van der Waals surface area contributed by atoms with Gasteiger partial charge < -0.3 is 9.88 Å². The molecule has 0 saturated carbocycles. The molecule has 0 aliphatic carbocycles. The average molecular weight is 353 g/mol. The number of halogens is 1. The highest BCUT2D eigenvalue weighted by Crippen LogP contribution is 2.25. The largest absolute Gasteiger partial charge is 0.349 e. The van der Waals surface area contributed by atoms with Gasteiger partial charge in [0, 0.05) is 42.3 Å². The SMILES string of the molecule is Cn1nnnc1NCc1cn(Cc2ccccc2Cl)c2ccccc12. The number of hydrogen-bond acceptors (Lipinski definition) is 4. The van der Waals surface area contributed by atoms with E-state index in [0.717, 1.165) is 17.1 Å². The minimum Gasteiger partial charge on any atom is -0.349 e. The van der Waals surface area contributed by atoms with E-state index in [2.05, 4.69) is 61.9 Å².